The van der Waals surface area contributed by atoms with Crippen molar-refractivity contribution in [2.24, 2.45) is 10.1 Å². The number of aliphatic imine (C=N–C) groups is 1. The molecule has 116 valence electrons. The molecule has 1 aliphatic heterocycles. The van der Waals surface area contributed by atoms with E-state index in [-0.39, 0.29) is 6.42 Å². The Kier molecular flexibility index (Phi) is 5.16. The molecule has 0 radical (unpaired) electrons. The summed E-state index contributed by atoms with van der Waals surface area (Å²) in [5.41, 5.74) is 4.26. The zero-order valence-electron chi connectivity index (χ0n) is 12.2. The lowest BCUT2D eigenvalue weighted by Crippen LogP contribution is -2.35. The normalized spacial score (nSPS) is 18.0. The molecular formula is C14H16N4O3S. The van der Waals surface area contributed by atoms with Crippen molar-refractivity contribution in [3.05, 3.63) is 29.8 Å². The van der Waals surface area contributed by atoms with Gasteiger partial charge in [-0.3, -0.25) is 9.59 Å². The van der Waals surface area contributed by atoms with Gasteiger partial charge in [0, 0.05) is 26.0 Å². The number of carbonyl (C=O) groups is 2. The van der Waals surface area contributed by atoms with Crippen molar-refractivity contribution < 1.29 is 14.7 Å². The van der Waals surface area contributed by atoms with Crippen molar-refractivity contribution in [2.45, 2.75) is 11.7 Å². The van der Waals surface area contributed by atoms with Crippen LogP contribution in [0.2, 0.25) is 0 Å². The first kappa shape index (κ1) is 16.0. The summed E-state index contributed by atoms with van der Waals surface area (Å²) in [5, 5.41) is 12.2. The zero-order chi connectivity index (χ0) is 16.1. The molecule has 1 aromatic carbocycles. The molecule has 2 rings (SSSR count). The number of aliphatic carboxylic acids is 1. The summed E-state index contributed by atoms with van der Waals surface area (Å²) in [6.07, 6.45) is 1.36. The molecule has 1 atom stereocenters. The maximum Gasteiger partial charge on any atom is 0.305 e. The largest absolute Gasteiger partial charge is 0.481 e. The Morgan fingerprint density at radius 3 is 2.73 bits per heavy atom. The Bertz CT molecular complexity index is 625. The third kappa shape index (κ3) is 4.32. The average molecular weight is 320 g/mol. The molecule has 8 heteroatoms. The maximum atomic E-state index is 11.5. The van der Waals surface area contributed by atoms with Crippen molar-refractivity contribution in [3.63, 3.8) is 0 Å². The number of nitrogens with zero attached hydrogens (tertiary/aromatic N) is 3. The first-order chi connectivity index (χ1) is 10.5. The number of rotatable bonds is 4. The van der Waals surface area contributed by atoms with Gasteiger partial charge in [-0.15, -0.1) is 5.10 Å². The molecule has 7 nitrogen and oxygen atoms in total. The van der Waals surface area contributed by atoms with Crippen LogP contribution in [-0.4, -0.2) is 47.7 Å². The summed E-state index contributed by atoms with van der Waals surface area (Å²) in [6, 6.07) is 7.76. The van der Waals surface area contributed by atoms with Gasteiger partial charge in [-0.1, -0.05) is 23.9 Å². The van der Waals surface area contributed by atoms with Gasteiger partial charge in [0.15, 0.2) is 0 Å². The van der Waals surface area contributed by atoms with E-state index in [1.807, 2.05) is 43.3 Å². The standard InChI is InChI=1S/C14H16N4O3S/c1-18(2)10-5-3-9(4-6-10)8-15-14-17-16-13(21)11(22-14)7-12(19)20/h3-6,8,11H,7H2,1-2H3,(H,16,21)(H,19,20)/b15-8+. The molecule has 1 aliphatic rings. The minimum Gasteiger partial charge on any atom is -0.481 e. The van der Waals surface area contributed by atoms with Crippen LogP contribution in [0.5, 0.6) is 0 Å². The quantitative estimate of drug-likeness (QED) is 0.812. The Balaban J connectivity index is 2.03. The number of amides is 1. The molecule has 0 aromatic heterocycles. The summed E-state index contributed by atoms with van der Waals surface area (Å²) in [7, 11) is 3.92. The molecule has 2 N–H and O–H groups in total. The Labute approximate surface area is 132 Å². The first-order valence-electron chi connectivity index (χ1n) is 6.53. The number of hydrazone groups is 1. The highest BCUT2D eigenvalue weighted by molar-refractivity contribution is 8.15. The second kappa shape index (κ2) is 7.08. The second-order valence-corrected chi connectivity index (χ2v) is 5.99. The Morgan fingerprint density at radius 1 is 1.45 bits per heavy atom. The van der Waals surface area contributed by atoms with Crippen LogP contribution in [0, 0.1) is 0 Å². The summed E-state index contributed by atoms with van der Waals surface area (Å²) >= 11 is 1.05. The zero-order valence-corrected chi connectivity index (χ0v) is 13.0. The van der Waals surface area contributed by atoms with E-state index < -0.39 is 17.1 Å². The number of carboxylic acids is 1. The lowest BCUT2D eigenvalue weighted by molar-refractivity contribution is -0.138. The topological polar surface area (TPSA) is 94.4 Å². The number of carbonyl (C=O) groups excluding carboxylic acids is 1. The van der Waals surface area contributed by atoms with Gasteiger partial charge >= 0.3 is 5.97 Å². The molecular weight excluding hydrogens is 304 g/mol. The second-order valence-electron chi connectivity index (χ2n) is 4.82. The molecule has 0 saturated carbocycles. The van der Waals surface area contributed by atoms with Crippen LogP contribution in [0.25, 0.3) is 0 Å². The van der Waals surface area contributed by atoms with Crippen molar-refractivity contribution in [2.75, 3.05) is 19.0 Å². The number of hydrogen-bond acceptors (Lipinski definition) is 6. The lowest BCUT2D eigenvalue weighted by Gasteiger charge is -2.16. The minimum absolute atomic E-state index is 0.261. The van der Waals surface area contributed by atoms with Crippen LogP contribution in [-0.2, 0) is 9.59 Å². The van der Waals surface area contributed by atoms with E-state index in [1.54, 1.807) is 6.21 Å². The van der Waals surface area contributed by atoms with Gasteiger partial charge in [0.1, 0.15) is 5.25 Å². The fourth-order valence-corrected chi connectivity index (χ4v) is 2.57. The van der Waals surface area contributed by atoms with E-state index in [2.05, 4.69) is 15.5 Å². The van der Waals surface area contributed by atoms with E-state index in [0.717, 1.165) is 23.0 Å². The summed E-state index contributed by atoms with van der Waals surface area (Å²) in [5.74, 6) is -1.45. The molecule has 0 aliphatic carbocycles. The van der Waals surface area contributed by atoms with Crippen LogP contribution in [0.3, 0.4) is 0 Å². The van der Waals surface area contributed by atoms with Crippen LogP contribution in [0.15, 0.2) is 34.4 Å². The van der Waals surface area contributed by atoms with Crippen LogP contribution in [0.1, 0.15) is 12.0 Å². The van der Waals surface area contributed by atoms with Crippen molar-refractivity contribution in [1.29, 1.82) is 0 Å². The van der Waals surface area contributed by atoms with E-state index in [4.69, 9.17) is 5.11 Å². The molecule has 1 unspecified atom stereocenters. The van der Waals surface area contributed by atoms with E-state index in [1.165, 1.54) is 0 Å². The average Bonchev–Trinajstić information content (AvgIpc) is 2.48. The van der Waals surface area contributed by atoms with Gasteiger partial charge in [0.2, 0.25) is 5.17 Å². The van der Waals surface area contributed by atoms with E-state index in [0.29, 0.717) is 5.17 Å². The molecule has 0 bridgehead atoms. The van der Waals surface area contributed by atoms with Gasteiger partial charge in [-0.25, -0.2) is 10.4 Å². The SMILES string of the molecule is CN(C)c1ccc(/C=N/C2=NNC(=O)C(CC(=O)O)S2)cc1. The summed E-state index contributed by atoms with van der Waals surface area (Å²) in [4.78, 5) is 28.4. The van der Waals surface area contributed by atoms with E-state index in [9.17, 15) is 9.59 Å². The third-order valence-electron chi connectivity index (χ3n) is 2.90. The molecule has 1 aromatic rings. The maximum absolute atomic E-state index is 11.5. The molecule has 0 fully saturated rings. The fraction of sp³-hybridized carbons (Fsp3) is 0.286. The van der Waals surface area contributed by atoms with Gasteiger partial charge in [0.25, 0.3) is 5.91 Å². The number of nitrogens with one attached hydrogen (secondary N) is 1. The highest BCUT2D eigenvalue weighted by Crippen LogP contribution is 2.21. The lowest BCUT2D eigenvalue weighted by atomic mass is 10.2. The predicted octanol–water partition coefficient (Wildman–Crippen LogP) is 1.15. The first-order valence-corrected chi connectivity index (χ1v) is 7.41. The number of thioether (sulfide) groups is 1. The van der Waals surface area contributed by atoms with Gasteiger partial charge < -0.3 is 10.0 Å². The van der Waals surface area contributed by atoms with Crippen molar-refractivity contribution in [1.82, 2.24) is 5.43 Å². The highest BCUT2D eigenvalue weighted by atomic mass is 32.2. The number of amidine groups is 1. The molecule has 1 amide bonds. The van der Waals surface area contributed by atoms with Gasteiger partial charge in [0.05, 0.1) is 6.42 Å². The van der Waals surface area contributed by atoms with Crippen LogP contribution in [0.4, 0.5) is 5.69 Å². The smallest absolute Gasteiger partial charge is 0.305 e. The Morgan fingerprint density at radius 2 is 2.14 bits per heavy atom. The van der Waals surface area contributed by atoms with E-state index >= 15 is 0 Å². The molecule has 1 heterocycles. The molecule has 0 saturated heterocycles. The predicted molar refractivity (Wildman–Crippen MR) is 87.6 cm³/mol. The Hall–Kier alpha value is -2.35. The van der Waals surface area contributed by atoms with Crippen molar-refractivity contribution >= 4 is 40.7 Å². The minimum atomic E-state index is -1.03. The number of hydrogen-bond donors (Lipinski definition) is 2. The van der Waals surface area contributed by atoms with Crippen molar-refractivity contribution in [3.8, 4) is 0 Å². The summed E-state index contributed by atoms with van der Waals surface area (Å²) < 4.78 is 0. The molecule has 0 spiro atoms. The van der Waals surface area contributed by atoms with Gasteiger partial charge in [-0.05, 0) is 17.7 Å². The third-order valence-corrected chi connectivity index (χ3v) is 3.97. The van der Waals surface area contributed by atoms with Crippen LogP contribution >= 0.6 is 11.8 Å². The number of benzene rings is 1. The fourth-order valence-electron chi connectivity index (χ4n) is 1.72. The monoisotopic (exact) mass is 320 g/mol. The highest BCUT2D eigenvalue weighted by Gasteiger charge is 2.27. The van der Waals surface area contributed by atoms with Crippen LogP contribution < -0.4 is 10.3 Å². The molecule has 22 heavy (non-hydrogen) atoms. The summed E-state index contributed by atoms with van der Waals surface area (Å²) in [6.45, 7) is 0. The number of anilines is 1. The number of carboxylic acid groups (broad SMARTS) is 1. The van der Waals surface area contributed by atoms with Gasteiger partial charge in [-0.2, -0.15) is 0 Å².